The average molecular weight is 828 g/mol. The molecule has 0 radical (unpaired) electrons. The molecule has 1 unspecified atom stereocenters. The summed E-state index contributed by atoms with van der Waals surface area (Å²) in [5.74, 6) is -0.0817. The third-order valence-corrected chi connectivity index (χ3v) is 11.4. The standard InChI is InChI=1S/C29H34F2N4S.C8H14FN.C3H7.Cs/c1-7-15-35(18-11-10-12-18)29(34-9-3)24-19(8-2)16(4)22(25(31)26(24)33-6)20-13-14-21(30)27-23(20)17(5)28(32)36-27;1-8-3-2-4-10(8)6-7(9)5-8;1-3-2;/h7,13-14,18H,1,6,8-12,15,32H2,2-5H3;7H,2-6H2,1H3;1,3H2,2H3;/q;;-1;+1/t;7?,8-;;/m.0../s1. The second-order valence-electron chi connectivity index (χ2n) is 13.6. The van der Waals surface area contributed by atoms with Crippen molar-refractivity contribution in [1.29, 1.82) is 0 Å². The summed E-state index contributed by atoms with van der Waals surface area (Å²) in [4.78, 5) is 13.6. The van der Waals surface area contributed by atoms with Crippen molar-refractivity contribution in [2.24, 2.45) is 9.98 Å². The van der Waals surface area contributed by atoms with Gasteiger partial charge in [-0.1, -0.05) is 26.0 Å². The molecule has 1 aromatic heterocycles. The predicted molar refractivity (Wildman–Crippen MR) is 206 cm³/mol. The van der Waals surface area contributed by atoms with Gasteiger partial charge in [0.2, 0.25) is 0 Å². The fourth-order valence-corrected chi connectivity index (χ4v) is 8.69. The largest absolute Gasteiger partial charge is 1.00 e. The van der Waals surface area contributed by atoms with Crippen LogP contribution >= 0.6 is 11.3 Å². The van der Waals surface area contributed by atoms with E-state index in [9.17, 15) is 8.78 Å². The zero-order valence-corrected chi connectivity index (χ0v) is 38.5. The van der Waals surface area contributed by atoms with Gasteiger partial charge in [0.05, 0.1) is 9.70 Å². The topological polar surface area (TPSA) is 57.2 Å². The Bertz CT molecular complexity index is 1680. The van der Waals surface area contributed by atoms with Crippen molar-refractivity contribution < 1.29 is 82.1 Å². The van der Waals surface area contributed by atoms with Gasteiger partial charge in [-0.15, -0.1) is 17.9 Å². The van der Waals surface area contributed by atoms with Crippen molar-refractivity contribution in [2.45, 2.75) is 111 Å². The minimum absolute atomic E-state index is 0. The van der Waals surface area contributed by atoms with E-state index >= 15 is 4.39 Å². The van der Waals surface area contributed by atoms with Crippen molar-refractivity contribution >= 4 is 44.7 Å². The number of rotatable bonds is 8. The minimum atomic E-state index is -0.551. The molecule has 3 heterocycles. The van der Waals surface area contributed by atoms with E-state index in [1.807, 2.05) is 33.8 Å². The Hall–Kier alpha value is -1.12. The Morgan fingerprint density at radius 2 is 1.86 bits per heavy atom. The molecule has 0 bridgehead atoms. The molecular weight excluding hydrogens is 772 g/mol. The number of fused-ring (bicyclic) bond motifs is 2. The number of hydrogen-bond donors (Lipinski definition) is 1. The first kappa shape index (κ1) is 43.3. The predicted octanol–water partition coefficient (Wildman–Crippen LogP) is 7.56. The van der Waals surface area contributed by atoms with Crippen LogP contribution in [0.1, 0.15) is 94.9 Å². The first-order valence-corrected chi connectivity index (χ1v) is 18.6. The maximum atomic E-state index is 16.6. The molecule has 6 rings (SSSR count). The van der Waals surface area contributed by atoms with Gasteiger partial charge >= 0.3 is 68.9 Å². The minimum Gasteiger partial charge on any atom is -0.390 e. The molecule has 10 heteroatoms. The zero-order valence-electron chi connectivity index (χ0n) is 31.4. The summed E-state index contributed by atoms with van der Waals surface area (Å²) in [7, 11) is 0. The Balaban J connectivity index is 0.000000403. The number of hydrogen-bond acceptors (Lipinski definition) is 5. The number of nitrogen functional groups attached to an aromatic ring is 1. The van der Waals surface area contributed by atoms with Crippen molar-refractivity contribution in [3.8, 4) is 11.1 Å². The van der Waals surface area contributed by atoms with Crippen LogP contribution in [0.4, 0.5) is 23.9 Å². The molecule has 0 amide bonds. The first-order chi connectivity index (χ1) is 23.4. The van der Waals surface area contributed by atoms with Crippen LogP contribution in [0, 0.1) is 32.4 Å². The van der Waals surface area contributed by atoms with Crippen LogP contribution < -0.4 is 74.6 Å². The second-order valence-corrected chi connectivity index (χ2v) is 14.6. The van der Waals surface area contributed by atoms with E-state index in [1.165, 1.54) is 36.7 Å². The Morgan fingerprint density at radius 1 is 1.18 bits per heavy atom. The first-order valence-electron chi connectivity index (χ1n) is 17.8. The number of nitrogens with two attached hydrogens (primary N) is 1. The summed E-state index contributed by atoms with van der Waals surface area (Å²) in [6.07, 6.45) is 9.52. The number of amidine groups is 1. The van der Waals surface area contributed by atoms with Crippen LogP contribution in [-0.2, 0) is 6.42 Å². The molecule has 50 heavy (non-hydrogen) atoms. The van der Waals surface area contributed by atoms with Gasteiger partial charge in [-0.2, -0.15) is 6.42 Å². The molecular formula is C40H55CsF3N5S. The van der Waals surface area contributed by atoms with Crippen LogP contribution in [0.5, 0.6) is 0 Å². The molecule has 2 aromatic carbocycles. The van der Waals surface area contributed by atoms with Gasteiger partial charge in [0, 0.05) is 47.7 Å². The molecule has 3 aliphatic rings. The third kappa shape index (κ3) is 8.80. The number of thiophene rings is 1. The smallest absolute Gasteiger partial charge is 0.390 e. The maximum absolute atomic E-state index is 16.6. The Kier molecular flexibility index (Phi) is 16.7. The van der Waals surface area contributed by atoms with E-state index in [1.54, 1.807) is 6.07 Å². The van der Waals surface area contributed by atoms with Gasteiger partial charge in [0.25, 0.3) is 0 Å². The molecule has 0 spiro atoms. The number of aliphatic imine (C=N–C) groups is 2. The molecule has 5 nitrogen and oxygen atoms in total. The molecule has 2 atom stereocenters. The van der Waals surface area contributed by atoms with Crippen LogP contribution in [0.2, 0.25) is 0 Å². The summed E-state index contributed by atoms with van der Waals surface area (Å²) in [6.45, 7) is 26.2. The molecule has 3 fully saturated rings. The van der Waals surface area contributed by atoms with Crippen LogP contribution in [0.25, 0.3) is 21.2 Å². The summed E-state index contributed by atoms with van der Waals surface area (Å²) in [6, 6.07) is 3.37. The van der Waals surface area contributed by atoms with E-state index in [0.717, 1.165) is 54.8 Å². The van der Waals surface area contributed by atoms with Gasteiger partial charge in [0.1, 0.15) is 23.5 Å². The van der Waals surface area contributed by atoms with Crippen molar-refractivity contribution in [3.05, 3.63) is 65.6 Å². The number of alkyl halides is 1. The number of aryl methyl sites for hydroxylation is 1. The van der Waals surface area contributed by atoms with Crippen molar-refractivity contribution in [3.63, 3.8) is 0 Å². The SMILES string of the molecule is C=CCN(C(=NCC)c1c(CC)c(C)c(-c2ccc(F)c3sc(N)c(C)c23)c(F)c1N=C)C1CCC1.C[C@@]12CCCN1CC(F)C2.[CH2-]CC.[Cs+]. The van der Waals surface area contributed by atoms with E-state index in [-0.39, 0.29) is 85.9 Å². The summed E-state index contributed by atoms with van der Waals surface area (Å²) >= 11 is 1.19. The quantitative estimate of drug-likeness (QED) is 0.111. The molecule has 1 aliphatic carbocycles. The van der Waals surface area contributed by atoms with Crippen LogP contribution in [-0.4, -0.2) is 66.3 Å². The van der Waals surface area contributed by atoms with Gasteiger partial charge in [-0.3, -0.25) is 14.9 Å². The third-order valence-electron chi connectivity index (χ3n) is 10.3. The van der Waals surface area contributed by atoms with Gasteiger partial charge in [-0.25, -0.2) is 13.2 Å². The van der Waals surface area contributed by atoms with Crippen LogP contribution in [0.15, 0.2) is 34.8 Å². The molecule has 2 saturated heterocycles. The van der Waals surface area contributed by atoms with E-state index < -0.39 is 12.0 Å². The maximum Gasteiger partial charge on any atom is 1.00 e. The molecule has 2 aliphatic heterocycles. The van der Waals surface area contributed by atoms with Gasteiger partial charge in [0.15, 0.2) is 5.82 Å². The van der Waals surface area contributed by atoms with E-state index in [0.29, 0.717) is 63.9 Å². The average Bonchev–Trinajstić information content (AvgIpc) is 3.64. The molecule has 1 saturated carbocycles. The second kappa shape index (κ2) is 19.3. The van der Waals surface area contributed by atoms with E-state index in [2.05, 4.69) is 48.9 Å². The fraction of sp³-hybridized carbons (Fsp3) is 0.525. The number of nitrogens with zero attached hydrogens (tertiary/aromatic N) is 4. The normalized spacial score (nSPS) is 20.2. The van der Waals surface area contributed by atoms with E-state index in [4.69, 9.17) is 10.7 Å². The number of halogens is 3. The van der Waals surface area contributed by atoms with Crippen molar-refractivity contribution in [2.75, 3.05) is 31.9 Å². The summed E-state index contributed by atoms with van der Waals surface area (Å²) in [5, 5.41) is 1.18. The van der Waals surface area contributed by atoms with Gasteiger partial charge < -0.3 is 17.6 Å². The van der Waals surface area contributed by atoms with Crippen LogP contribution in [0.3, 0.4) is 0 Å². The Labute approximate surface area is 361 Å². The monoisotopic (exact) mass is 827 g/mol. The Morgan fingerprint density at radius 3 is 2.40 bits per heavy atom. The van der Waals surface area contributed by atoms with Gasteiger partial charge in [-0.05, 0) is 114 Å². The summed E-state index contributed by atoms with van der Waals surface area (Å²) in [5.41, 5.74) is 10.8. The molecule has 2 N–H and O–H groups in total. The number of benzene rings is 2. The molecule has 268 valence electrons. The number of anilines is 1. The summed E-state index contributed by atoms with van der Waals surface area (Å²) < 4.78 is 44.5. The van der Waals surface area contributed by atoms with Crippen molar-refractivity contribution in [1.82, 2.24) is 9.80 Å². The molecule has 3 aromatic rings. The zero-order chi connectivity index (χ0) is 36.0. The fourth-order valence-electron chi connectivity index (χ4n) is 7.68.